The van der Waals surface area contributed by atoms with E-state index in [2.05, 4.69) is 34.0 Å². The average Bonchev–Trinajstić information content (AvgIpc) is 2.65. The molecule has 0 spiro atoms. The fourth-order valence-corrected chi connectivity index (χ4v) is 3.08. The van der Waals surface area contributed by atoms with Crippen LogP contribution in [0.2, 0.25) is 0 Å². The molecule has 1 aromatic rings. The van der Waals surface area contributed by atoms with Gasteiger partial charge in [0.25, 0.3) is 0 Å². The highest BCUT2D eigenvalue weighted by Gasteiger charge is 2.38. The van der Waals surface area contributed by atoms with E-state index in [1.807, 2.05) is 24.3 Å². The number of benzene rings is 1. The van der Waals surface area contributed by atoms with Crippen molar-refractivity contribution in [2.24, 2.45) is 5.41 Å². The fraction of sp³-hybridized carbons (Fsp3) is 0.467. The van der Waals surface area contributed by atoms with Crippen molar-refractivity contribution in [1.82, 2.24) is 0 Å². The van der Waals surface area contributed by atoms with Gasteiger partial charge in [0.1, 0.15) is 5.41 Å². The number of hydrogen-bond donors (Lipinski definition) is 1. The minimum absolute atomic E-state index is 0.140. The van der Waals surface area contributed by atoms with Crippen molar-refractivity contribution in [3.63, 3.8) is 0 Å². The van der Waals surface area contributed by atoms with Gasteiger partial charge in [0.05, 0.1) is 6.07 Å². The summed E-state index contributed by atoms with van der Waals surface area (Å²) in [4.78, 5) is 12.4. The maximum atomic E-state index is 12.4. The van der Waals surface area contributed by atoms with Crippen LogP contribution in [0.15, 0.2) is 24.3 Å². The summed E-state index contributed by atoms with van der Waals surface area (Å²) in [7, 11) is 0. The molecule has 100 valence electrons. The number of hydrogen-bond acceptors (Lipinski definition) is 2. The standard InChI is InChI=1S/C15H17IN2O/c16-12-6-5-7-13(10-12)18-14(19)15(11-17)8-3-1-2-4-9-15/h5-7,10H,1-4,8-9H2,(H,18,19). The van der Waals surface area contributed by atoms with Crippen LogP contribution in [0.1, 0.15) is 38.5 Å². The topological polar surface area (TPSA) is 52.9 Å². The number of rotatable bonds is 2. The molecule has 0 aromatic heterocycles. The highest BCUT2D eigenvalue weighted by atomic mass is 127. The van der Waals surface area contributed by atoms with Gasteiger partial charge >= 0.3 is 0 Å². The monoisotopic (exact) mass is 368 g/mol. The van der Waals surface area contributed by atoms with Crippen molar-refractivity contribution in [2.45, 2.75) is 38.5 Å². The maximum absolute atomic E-state index is 12.4. The van der Waals surface area contributed by atoms with Crippen LogP contribution in [-0.2, 0) is 4.79 Å². The molecule has 3 nitrogen and oxygen atoms in total. The van der Waals surface area contributed by atoms with E-state index >= 15 is 0 Å². The number of nitriles is 1. The van der Waals surface area contributed by atoms with Gasteiger partial charge in [-0.1, -0.05) is 31.7 Å². The first kappa shape index (κ1) is 14.3. The molecule has 1 fully saturated rings. The fourth-order valence-electron chi connectivity index (χ4n) is 2.54. The minimum atomic E-state index is -0.836. The van der Waals surface area contributed by atoms with Crippen molar-refractivity contribution >= 4 is 34.2 Å². The molecular weight excluding hydrogens is 351 g/mol. The van der Waals surface area contributed by atoms with Gasteiger partial charge in [-0.15, -0.1) is 0 Å². The lowest BCUT2D eigenvalue weighted by Gasteiger charge is -2.23. The molecule has 0 unspecified atom stereocenters. The molecule has 1 aliphatic carbocycles. The van der Waals surface area contributed by atoms with Crippen LogP contribution in [0.5, 0.6) is 0 Å². The van der Waals surface area contributed by atoms with Gasteiger partial charge in [-0.3, -0.25) is 4.79 Å². The van der Waals surface area contributed by atoms with E-state index in [1.165, 1.54) is 0 Å². The molecule has 1 aromatic carbocycles. The van der Waals surface area contributed by atoms with Crippen LogP contribution in [-0.4, -0.2) is 5.91 Å². The normalized spacial score (nSPS) is 18.1. The molecule has 0 aliphatic heterocycles. The summed E-state index contributed by atoms with van der Waals surface area (Å²) < 4.78 is 1.07. The Hall–Kier alpha value is -1.09. The first-order valence-electron chi connectivity index (χ1n) is 6.65. The molecule has 1 amide bonds. The van der Waals surface area contributed by atoms with Gasteiger partial charge in [-0.25, -0.2) is 0 Å². The first-order valence-corrected chi connectivity index (χ1v) is 7.72. The number of carbonyl (C=O) groups excluding carboxylic acids is 1. The van der Waals surface area contributed by atoms with Crippen molar-refractivity contribution < 1.29 is 4.79 Å². The van der Waals surface area contributed by atoms with E-state index in [0.717, 1.165) is 34.9 Å². The SMILES string of the molecule is N#CC1(C(=O)Nc2cccc(I)c2)CCCCCC1. The van der Waals surface area contributed by atoms with Crippen LogP contribution >= 0.6 is 22.6 Å². The van der Waals surface area contributed by atoms with E-state index < -0.39 is 5.41 Å². The number of carbonyl (C=O) groups is 1. The summed E-state index contributed by atoms with van der Waals surface area (Å²) >= 11 is 2.21. The Kier molecular flexibility index (Phi) is 4.81. The predicted octanol–water partition coefficient (Wildman–Crippen LogP) is 4.09. The maximum Gasteiger partial charge on any atom is 0.244 e. The number of nitrogens with one attached hydrogen (secondary N) is 1. The molecule has 1 aliphatic rings. The first-order chi connectivity index (χ1) is 9.16. The summed E-state index contributed by atoms with van der Waals surface area (Å²) in [6, 6.07) is 9.94. The molecule has 4 heteroatoms. The van der Waals surface area contributed by atoms with Gasteiger partial charge in [-0.2, -0.15) is 5.26 Å². The van der Waals surface area contributed by atoms with Crippen LogP contribution < -0.4 is 5.32 Å². The zero-order chi connectivity index (χ0) is 13.7. The molecule has 0 atom stereocenters. The average molecular weight is 368 g/mol. The van der Waals surface area contributed by atoms with E-state index in [9.17, 15) is 10.1 Å². The number of nitrogens with zero attached hydrogens (tertiary/aromatic N) is 1. The molecule has 0 radical (unpaired) electrons. The Bertz CT molecular complexity index is 499. The van der Waals surface area contributed by atoms with Crippen molar-refractivity contribution in [3.05, 3.63) is 27.8 Å². The van der Waals surface area contributed by atoms with E-state index in [4.69, 9.17) is 0 Å². The van der Waals surface area contributed by atoms with Gasteiger partial charge in [-0.05, 0) is 53.6 Å². The second kappa shape index (κ2) is 6.38. The molecular formula is C15H17IN2O. The predicted molar refractivity (Wildman–Crippen MR) is 83.5 cm³/mol. The number of amides is 1. The summed E-state index contributed by atoms with van der Waals surface area (Å²) in [5.41, 5.74) is -0.0617. The van der Waals surface area contributed by atoms with E-state index in [-0.39, 0.29) is 5.91 Å². The van der Waals surface area contributed by atoms with Crippen molar-refractivity contribution in [1.29, 1.82) is 5.26 Å². The Morgan fingerprint density at radius 3 is 2.53 bits per heavy atom. The van der Waals surface area contributed by atoms with Crippen LogP contribution in [0.3, 0.4) is 0 Å². The highest BCUT2D eigenvalue weighted by molar-refractivity contribution is 14.1. The van der Waals surface area contributed by atoms with Crippen LogP contribution in [0.4, 0.5) is 5.69 Å². The van der Waals surface area contributed by atoms with Crippen molar-refractivity contribution in [2.75, 3.05) is 5.32 Å². The second-order valence-electron chi connectivity index (χ2n) is 5.07. The number of anilines is 1. The Balaban J connectivity index is 2.15. The molecule has 0 heterocycles. The van der Waals surface area contributed by atoms with Crippen LogP contribution in [0, 0.1) is 20.3 Å². The van der Waals surface area contributed by atoms with Gasteiger partial charge < -0.3 is 5.32 Å². The molecule has 19 heavy (non-hydrogen) atoms. The summed E-state index contributed by atoms with van der Waals surface area (Å²) in [6.07, 6.45) is 5.54. The second-order valence-corrected chi connectivity index (χ2v) is 6.32. The molecule has 2 rings (SSSR count). The third-order valence-corrected chi connectivity index (χ3v) is 4.36. The summed E-state index contributed by atoms with van der Waals surface area (Å²) in [5, 5.41) is 12.4. The molecule has 0 bridgehead atoms. The largest absolute Gasteiger partial charge is 0.325 e. The Morgan fingerprint density at radius 1 is 1.26 bits per heavy atom. The molecule has 0 saturated heterocycles. The van der Waals surface area contributed by atoms with Gasteiger partial charge in [0, 0.05) is 9.26 Å². The molecule has 1 saturated carbocycles. The quantitative estimate of drug-likeness (QED) is 0.631. The van der Waals surface area contributed by atoms with E-state index in [1.54, 1.807) is 0 Å². The Labute approximate surface area is 127 Å². The lowest BCUT2D eigenvalue weighted by molar-refractivity contribution is -0.123. The molecule has 1 N–H and O–H groups in total. The lowest BCUT2D eigenvalue weighted by atomic mass is 9.81. The smallest absolute Gasteiger partial charge is 0.244 e. The van der Waals surface area contributed by atoms with Crippen molar-refractivity contribution in [3.8, 4) is 6.07 Å². The van der Waals surface area contributed by atoms with E-state index in [0.29, 0.717) is 12.8 Å². The minimum Gasteiger partial charge on any atom is -0.325 e. The number of halogens is 1. The van der Waals surface area contributed by atoms with Gasteiger partial charge in [0.15, 0.2) is 0 Å². The third kappa shape index (κ3) is 3.47. The van der Waals surface area contributed by atoms with Crippen LogP contribution in [0.25, 0.3) is 0 Å². The highest BCUT2D eigenvalue weighted by Crippen LogP contribution is 2.35. The Morgan fingerprint density at radius 2 is 1.95 bits per heavy atom. The third-order valence-electron chi connectivity index (χ3n) is 3.69. The van der Waals surface area contributed by atoms with Gasteiger partial charge in [0.2, 0.25) is 5.91 Å². The lowest BCUT2D eigenvalue weighted by Crippen LogP contribution is -2.34. The zero-order valence-corrected chi connectivity index (χ0v) is 12.9. The zero-order valence-electron chi connectivity index (χ0n) is 10.8. The summed E-state index contributed by atoms with van der Waals surface area (Å²) in [5.74, 6) is -0.140. The summed E-state index contributed by atoms with van der Waals surface area (Å²) in [6.45, 7) is 0.